The third-order valence-electron chi connectivity index (χ3n) is 4.16. The van der Waals surface area contributed by atoms with Gasteiger partial charge in [-0.3, -0.25) is 4.90 Å². The maximum atomic E-state index is 3.46. The van der Waals surface area contributed by atoms with E-state index in [2.05, 4.69) is 55.3 Å². The van der Waals surface area contributed by atoms with E-state index in [4.69, 9.17) is 0 Å². The van der Waals surface area contributed by atoms with Gasteiger partial charge in [0.25, 0.3) is 0 Å². The van der Waals surface area contributed by atoms with Crippen LogP contribution in [0.25, 0.3) is 0 Å². The van der Waals surface area contributed by atoms with Crippen LogP contribution in [-0.2, 0) is 0 Å². The van der Waals surface area contributed by atoms with Gasteiger partial charge in [-0.05, 0) is 36.8 Å². The molecule has 1 aromatic rings. The first-order chi connectivity index (χ1) is 9.18. The third-order valence-corrected chi connectivity index (χ3v) is 4.16. The monoisotopic (exact) mass is 332 g/mol. The highest BCUT2D eigenvalue weighted by atomic mass is 35.5. The Morgan fingerprint density at radius 2 is 1.67 bits per heavy atom. The summed E-state index contributed by atoms with van der Waals surface area (Å²) in [4.78, 5) is 2.67. The minimum Gasteiger partial charge on any atom is -0.314 e. The molecule has 2 nitrogen and oxygen atoms in total. The summed E-state index contributed by atoms with van der Waals surface area (Å²) in [5.41, 5.74) is 2.97. The molecule has 0 radical (unpaired) electrons. The van der Waals surface area contributed by atoms with Crippen molar-refractivity contribution in [3.63, 3.8) is 0 Å². The molecule has 0 aromatic heterocycles. The SMILES string of the molecule is Cc1ccccc1[C@H](CCC(C)C)N1CCNCC1.Cl.Cl. The fraction of sp³-hybridized carbons (Fsp3) is 0.647. The van der Waals surface area contributed by atoms with Gasteiger partial charge in [0.05, 0.1) is 0 Å². The van der Waals surface area contributed by atoms with E-state index in [-0.39, 0.29) is 24.8 Å². The van der Waals surface area contributed by atoms with E-state index in [9.17, 15) is 0 Å². The van der Waals surface area contributed by atoms with Crippen molar-refractivity contribution in [1.82, 2.24) is 10.2 Å². The summed E-state index contributed by atoms with van der Waals surface area (Å²) in [5, 5.41) is 3.46. The highest BCUT2D eigenvalue weighted by Gasteiger charge is 2.23. The second kappa shape index (κ2) is 10.4. The van der Waals surface area contributed by atoms with Crippen LogP contribution < -0.4 is 5.32 Å². The van der Waals surface area contributed by atoms with E-state index in [1.54, 1.807) is 0 Å². The predicted molar refractivity (Wildman–Crippen MR) is 96.9 cm³/mol. The first kappa shape index (κ1) is 20.7. The van der Waals surface area contributed by atoms with Crippen molar-refractivity contribution in [2.24, 2.45) is 5.92 Å². The summed E-state index contributed by atoms with van der Waals surface area (Å²) in [7, 11) is 0. The maximum Gasteiger partial charge on any atom is 0.0351 e. The van der Waals surface area contributed by atoms with E-state index in [0.717, 1.165) is 19.0 Å². The van der Waals surface area contributed by atoms with Crippen molar-refractivity contribution in [3.05, 3.63) is 35.4 Å². The lowest BCUT2D eigenvalue weighted by atomic mass is 9.93. The molecule has 4 heteroatoms. The van der Waals surface area contributed by atoms with Crippen molar-refractivity contribution in [1.29, 1.82) is 0 Å². The van der Waals surface area contributed by atoms with Crippen LogP contribution in [0.15, 0.2) is 24.3 Å². The molecule has 1 atom stereocenters. The van der Waals surface area contributed by atoms with Gasteiger partial charge in [0.15, 0.2) is 0 Å². The second-order valence-corrected chi connectivity index (χ2v) is 6.13. The van der Waals surface area contributed by atoms with Crippen LogP contribution in [0, 0.1) is 12.8 Å². The second-order valence-electron chi connectivity index (χ2n) is 6.13. The Bertz CT molecular complexity index is 390. The van der Waals surface area contributed by atoms with Crippen LogP contribution in [0.4, 0.5) is 0 Å². The standard InChI is InChI=1S/C17H28N2.2ClH/c1-14(2)8-9-17(19-12-10-18-11-13-19)16-7-5-4-6-15(16)3;;/h4-7,14,17-18H,8-13H2,1-3H3;2*1H/t17-;;/m0../s1. The molecule has 0 bridgehead atoms. The van der Waals surface area contributed by atoms with Gasteiger partial charge in [-0.25, -0.2) is 0 Å². The van der Waals surface area contributed by atoms with Crippen LogP contribution in [0.5, 0.6) is 0 Å². The molecule has 0 unspecified atom stereocenters. The largest absolute Gasteiger partial charge is 0.314 e. The van der Waals surface area contributed by atoms with Gasteiger partial charge in [0.1, 0.15) is 0 Å². The molecular weight excluding hydrogens is 303 g/mol. The van der Waals surface area contributed by atoms with E-state index in [0.29, 0.717) is 6.04 Å². The van der Waals surface area contributed by atoms with E-state index >= 15 is 0 Å². The molecular formula is C17H30Cl2N2. The number of piperazine rings is 1. The maximum absolute atomic E-state index is 3.46. The quantitative estimate of drug-likeness (QED) is 0.868. The van der Waals surface area contributed by atoms with Gasteiger partial charge in [0.2, 0.25) is 0 Å². The molecule has 1 N–H and O–H groups in total. The van der Waals surface area contributed by atoms with Crippen LogP contribution in [0.2, 0.25) is 0 Å². The molecule has 0 saturated carbocycles. The highest BCUT2D eigenvalue weighted by Crippen LogP contribution is 2.29. The zero-order valence-corrected chi connectivity index (χ0v) is 15.1. The lowest BCUT2D eigenvalue weighted by molar-refractivity contribution is 0.159. The number of nitrogens with one attached hydrogen (secondary N) is 1. The Morgan fingerprint density at radius 1 is 1.05 bits per heavy atom. The molecule has 0 amide bonds. The summed E-state index contributed by atoms with van der Waals surface area (Å²) in [6.07, 6.45) is 2.59. The van der Waals surface area contributed by atoms with Gasteiger partial charge in [-0.2, -0.15) is 0 Å². The summed E-state index contributed by atoms with van der Waals surface area (Å²) in [5.74, 6) is 0.787. The van der Waals surface area contributed by atoms with E-state index < -0.39 is 0 Å². The number of rotatable bonds is 5. The first-order valence-electron chi connectivity index (χ1n) is 7.68. The van der Waals surface area contributed by atoms with Gasteiger partial charge in [-0.15, -0.1) is 24.8 Å². The predicted octanol–water partition coefficient (Wildman–Crippen LogP) is 4.22. The number of halogens is 2. The lowest BCUT2D eigenvalue weighted by Gasteiger charge is -2.36. The Hall–Kier alpha value is -0.280. The van der Waals surface area contributed by atoms with Gasteiger partial charge >= 0.3 is 0 Å². The first-order valence-corrected chi connectivity index (χ1v) is 7.68. The Balaban J connectivity index is 0.00000200. The molecule has 21 heavy (non-hydrogen) atoms. The number of nitrogens with zero attached hydrogens (tertiary/aromatic N) is 1. The van der Waals surface area contributed by atoms with Gasteiger partial charge < -0.3 is 5.32 Å². The average Bonchev–Trinajstić information content (AvgIpc) is 2.42. The number of hydrogen-bond acceptors (Lipinski definition) is 2. The zero-order valence-electron chi connectivity index (χ0n) is 13.5. The number of hydrogen-bond donors (Lipinski definition) is 1. The topological polar surface area (TPSA) is 15.3 Å². The van der Waals surface area contributed by atoms with Crippen molar-refractivity contribution in [3.8, 4) is 0 Å². The van der Waals surface area contributed by atoms with E-state index in [1.807, 2.05) is 0 Å². The Morgan fingerprint density at radius 3 is 2.24 bits per heavy atom. The van der Waals surface area contributed by atoms with Crippen LogP contribution in [0.3, 0.4) is 0 Å². The molecule has 1 fully saturated rings. The summed E-state index contributed by atoms with van der Waals surface area (Å²) < 4.78 is 0. The summed E-state index contributed by atoms with van der Waals surface area (Å²) in [6, 6.07) is 9.51. The molecule has 1 aliphatic rings. The van der Waals surface area contributed by atoms with Crippen molar-refractivity contribution >= 4 is 24.8 Å². The molecule has 0 aliphatic carbocycles. The van der Waals surface area contributed by atoms with Gasteiger partial charge in [0, 0.05) is 32.2 Å². The molecule has 1 aliphatic heterocycles. The third kappa shape index (κ3) is 6.15. The molecule has 0 spiro atoms. The van der Waals surface area contributed by atoms with Crippen molar-refractivity contribution in [2.75, 3.05) is 26.2 Å². The smallest absolute Gasteiger partial charge is 0.0351 e. The number of aryl methyl sites for hydroxylation is 1. The fourth-order valence-electron chi connectivity index (χ4n) is 2.98. The average molecular weight is 333 g/mol. The number of benzene rings is 1. The van der Waals surface area contributed by atoms with E-state index in [1.165, 1.54) is 37.1 Å². The molecule has 1 saturated heterocycles. The van der Waals surface area contributed by atoms with Crippen LogP contribution in [-0.4, -0.2) is 31.1 Å². The van der Waals surface area contributed by atoms with Crippen molar-refractivity contribution < 1.29 is 0 Å². The normalized spacial score (nSPS) is 17.0. The van der Waals surface area contributed by atoms with Crippen molar-refractivity contribution in [2.45, 2.75) is 39.7 Å². The molecule has 2 rings (SSSR count). The minimum absolute atomic E-state index is 0. The lowest BCUT2D eigenvalue weighted by Crippen LogP contribution is -2.45. The molecule has 122 valence electrons. The Labute approximate surface area is 142 Å². The summed E-state index contributed by atoms with van der Waals surface area (Å²) in [6.45, 7) is 11.5. The van der Waals surface area contributed by atoms with Crippen LogP contribution in [0.1, 0.15) is 43.9 Å². The van der Waals surface area contributed by atoms with Crippen LogP contribution >= 0.6 is 24.8 Å². The highest BCUT2D eigenvalue weighted by molar-refractivity contribution is 5.85. The fourth-order valence-corrected chi connectivity index (χ4v) is 2.98. The molecule has 1 heterocycles. The minimum atomic E-state index is 0. The molecule has 1 aromatic carbocycles. The Kier molecular flexibility index (Phi) is 10.3. The zero-order chi connectivity index (χ0) is 13.7. The summed E-state index contributed by atoms with van der Waals surface area (Å²) >= 11 is 0. The van der Waals surface area contributed by atoms with Gasteiger partial charge in [-0.1, -0.05) is 38.1 Å².